The Morgan fingerprint density at radius 1 is 0.816 bits per heavy atom. The van der Waals surface area contributed by atoms with Crippen molar-refractivity contribution < 1.29 is 9.13 Å². The van der Waals surface area contributed by atoms with Crippen LogP contribution in [-0.4, -0.2) is 49.3 Å². The van der Waals surface area contributed by atoms with Crippen LogP contribution in [0.15, 0.2) is 73.3 Å². The molecule has 0 aliphatic carbocycles. The number of halogens is 1. The van der Waals surface area contributed by atoms with Crippen LogP contribution in [0.4, 0.5) is 4.39 Å². The first-order valence-electron chi connectivity index (χ1n) is 12.6. The van der Waals surface area contributed by atoms with Gasteiger partial charge in [-0.1, -0.05) is 0 Å². The molecule has 6 aromatic rings. The molecule has 1 aliphatic rings. The third kappa shape index (κ3) is 4.16. The number of nitrogens with zero attached hydrogens (tertiary/aromatic N) is 4. The first kappa shape index (κ1) is 22.6. The standard InChI is InChI=1S/C29H24FN7O/c30-19-3-1-17(2-4-19)28-22-13-26(35-24(22)7-10-33-28)29-23-12-25(34-16-27(23)36-37-29)18-11-21(15-32-14-18)38-20-5-8-31-9-6-20/h1-4,7,10-16,20,31,35H,5-6,8-9H2,(H,36,37). The number of benzene rings is 1. The molecule has 9 heteroatoms. The van der Waals surface area contributed by atoms with Gasteiger partial charge in [0.05, 0.1) is 35.0 Å². The fourth-order valence-corrected chi connectivity index (χ4v) is 5.03. The van der Waals surface area contributed by atoms with Crippen molar-refractivity contribution in [2.45, 2.75) is 18.9 Å². The normalized spacial score (nSPS) is 14.3. The van der Waals surface area contributed by atoms with Gasteiger partial charge in [0.25, 0.3) is 0 Å². The third-order valence-electron chi connectivity index (χ3n) is 6.97. The summed E-state index contributed by atoms with van der Waals surface area (Å²) >= 11 is 0. The number of aromatic amines is 2. The molecule has 188 valence electrons. The molecule has 1 fully saturated rings. The molecule has 1 aromatic carbocycles. The molecule has 0 unspecified atom stereocenters. The van der Waals surface area contributed by atoms with Crippen molar-refractivity contribution in [1.29, 1.82) is 0 Å². The molecule has 0 radical (unpaired) electrons. The Morgan fingerprint density at radius 2 is 1.66 bits per heavy atom. The van der Waals surface area contributed by atoms with Crippen LogP contribution >= 0.6 is 0 Å². The van der Waals surface area contributed by atoms with E-state index in [4.69, 9.17) is 4.74 Å². The van der Waals surface area contributed by atoms with Gasteiger partial charge in [-0.25, -0.2) is 4.39 Å². The lowest BCUT2D eigenvalue weighted by Gasteiger charge is -2.23. The summed E-state index contributed by atoms with van der Waals surface area (Å²) in [6, 6.07) is 14.3. The number of aromatic nitrogens is 6. The lowest BCUT2D eigenvalue weighted by Crippen LogP contribution is -2.34. The molecule has 7 rings (SSSR count). The van der Waals surface area contributed by atoms with Crippen molar-refractivity contribution in [3.05, 3.63) is 79.1 Å². The molecule has 0 atom stereocenters. The average Bonchev–Trinajstić information content (AvgIpc) is 3.58. The molecule has 1 aliphatic heterocycles. The summed E-state index contributed by atoms with van der Waals surface area (Å²) in [6.45, 7) is 1.93. The highest BCUT2D eigenvalue weighted by Crippen LogP contribution is 2.34. The Balaban J connectivity index is 1.25. The summed E-state index contributed by atoms with van der Waals surface area (Å²) in [6.07, 6.45) is 9.25. The highest BCUT2D eigenvalue weighted by atomic mass is 19.1. The molecule has 0 spiro atoms. The number of hydrogen-bond acceptors (Lipinski definition) is 6. The average molecular weight is 506 g/mol. The second-order valence-electron chi connectivity index (χ2n) is 9.47. The first-order chi connectivity index (χ1) is 18.7. The number of pyridine rings is 3. The van der Waals surface area contributed by atoms with E-state index in [2.05, 4.69) is 35.5 Å². The number of H-pyrrole nitrogens is 2. The zero-order chi connectivity index (χ0) is 25.5. The van der Waals surface area contributed by atoms with Gasteiger partial charge in [0, 0.05) is 39.8 Å². The van der Waals surface area contributed by atoms with Crippen LogP contribution in [0.25, 0.3) is 55.7 Å². The Hall–Kier alpha value is -4.63. The van der Waals surface area contributed by atoms with Crippen LogP contribution in [-0.2, 0) is 0 Å². The van der Waals surface area contributed by atoms with Crippen molar-refractivity contribution in [1.82, 2.24) is 35.5 Å². The Labute approximate surface area is 217 Å². The quantitative estimate of drug-likeness (QED) is 0.286. The van der Waals surface area contributed by atoms with Crippen molar-refractivity contribution in [3.63, 3.8) is 0 Å². The number of piperidine rings is 1. The second-order valence-corrected chi connectivity index (χ2v) is 9.47. The lowest BCUT2D eigenvalue weighted by molar-refractivity contribution is 0.162. The van der Waals surface area contributed by atoms with Crippen LogP contribution in [0, 0.1) is 5.82 Å². The smallest absolute Gasteiger partial charge is 0.138 e. The summed E-state index contributed by atoms with van der Waals surface area (Å²) in [7, 11) is 0. The Bertz CT molecular complexity index is 1750. The molecule has 0 amide bonds. The summed E-state index contributed by atoms with van der Waals surface area (Å²) in [5, 5.41) is 12.9. The zero-order valence-electron chi connectivity index (χ0n) is 20.4. The Kier molecular flexibility index (Phi) is 5.55. The number of nitrogens with one attached hydrogen (secondary N) is 3. The molecule has 0 saturated carbocycles. The minimum absolute atomic E-state index is 0.195. The van der Waals surface area contributed by atoms with E-state index in [-0.39, 0.29) is 11.9 Å². The van der Waals surface area contributed by atoms with Crippen LogP contribution in [0.3, 0.4) is 0 Å². The maximum Gasteiger partial charge on any atom is 0.138 e. The van der Waals surface area contributed by atoms with Crippen molar-refractivity contribution in [2.24, 2.45) is 0 Å². The molecule has 1 saturated heterocycles. The first-order valence-corrected chi connectivity index (χ1v) is 12.6. The maximum absolute atomic E-state index is 13.5. The number of ether oxygens (including phenoxy) is 1. The van der Waals surface area contributed by atoms with Gasteiger partial charge in [-0.15, -0.1) is 0 Å². The van der Waals surface area contributed by atoms with E-state index < -0.39 is 0 Å². The minimum Gasteiger partial charge on any atom is -0.489 e. The largest absolute Gasteiger partial charge is 0.489 e. The second kappa shape index (κ2) is 9.35. The van der Waals surface area contributed by atoms with Crippen molar-refractivity contribution >= 4 is 21.8 Å². The minimum atomic E-state index is -0.276. The fraction of sp³-hybridized carbons (Fsp3) is 0.172. The molecule has 6 heterocycles. The number of fused-ring (bicyclic) bond motifs is 2. The summed E-state index contributed by atoms with van der Waals surface area (Å²) in [4.78, 5) is 17.1. The zero-order valence-corrected chi connectivity index (χ0v) is 20.4. The van der Waals surface area contributed by atoms with Gasteiger partial charge in [-0.2, -0.15) is 5.10 Å². The predicted octanol–water partition coefficient (Wildman–Crippen LogP) is 5.50. The molecular formula is C29H24FN7O. The van der Waals surface area contributed by atoms with Gasteiger partial charge < -0.3 is 15.0 Å². The molecule has 38 heavy (non-hydrogen) atoms. The van der Waals surface area contributed by atoms with Gasteiger partial charge >= 0.3 is 0 Å². The summed E-state index contributed by atoms with van der Waals surface area (Å²) in [5.41, 5.74) is 6.67. The fourth-order valence-electron chi connectivity index (χ4n) is 5.03. The lowest BCUT2D eigenvalue weighted by atomic mass is 10.1. The van der Waals surface area contributed by atoms with E-state index in [1.807, 2.05) is 24.3 Å². The highest BCUT2D eigenvalue weighted by molar-refractivity contribution is 6.00. The van der Waals surface area contributed by atoms with Crippen molar-refractivity contribution in [2.75, 3.05) is 13.1 Å². The monoisotopic (exact) mass is 505 g/mol. The van der Waals surface area contributed by atoms with E-state index in [1.165, 1.54) is 12.1 Å². The maximum atomic E-state index is 13.5. The van der Waals surface area contributed by atoms with Gasteiger partial charge in [-0.3, -0.25) is 20.1 Å². The Morgan fingerprint density at radius 3 is 2.53 bits per heavy atom. The highest BCUT2D eigenvalue weighted by Gasteiger charge is 2.17. The van der Waals surface area contributed by atoms with Crippen LogP contribution < -0.4 is 10.1 Å². The van der Waals surface area contributed by atoms with E-state index in [9.17, 15) is 4.39 Å². The molecule has 3 N–H and O–H groups in total. The van der Waals surface area contributed by atoms with Crippen LogP contribution in [0.1, 0.15) is 12.8 Å². The molecular weight excluding hydrogens is 481 g/mol. The summed E-state index contributed by atoms with van der Waals surface area (Å²) in [5.74, 6) is 0.474. The van der Waals surface area contributed by atoms with E-state index >= 15 is 0 Å². The van der Waals surface area contributed by atoms with Gasteiger partial charge in [0.15, 0.2) is 0 Å². The van der Waals surface area contributed by atoms with E-state index in [0.717, 1.165) is 87.4 Å². The van der Waals surface area contributed by atoms with Gasteiger partial charge in [0.1, 0.15) is 23.4 Å². The van der Waals surface area contributed by atoms with Crippen LogP contribution in [0.5, 0.6) is 5.75 Å². The number of hydrogen-bond donors (Lipinski definition) is 3. The molecule has 8 nitrogen and oxygen atoms in total. The van der Waals surface area contributed by atoms with E-state index in [1.54, 1.807) is 36.9 Å². The molecule has 0 bridgehead atoms. The molecule has 5 aromatic heterocycles. The van der Waals surface area contributed by atoms with Gasteiger partial charge in [0.2, 0.25) is 0 Å². The van der Waals surface area contributed by atoms with Crippen LogP contribution in [0.2, 0.25) is 0 Å². The topological polar surface area (TPSA) is 104 Å². The SMILES string of the molecule is Fc1ccc(-c2nccc3[nH]c(-c4n[nH]c5cnc(-c6cncc(OC7CCNCC7)c6)cc45)cc23)cc1. The van der Waals surface area contributed by atoms with Gasteiger partial charge in [-0.05, 0) is 74.5 Å². The predicted molar refractivity (Wildman–Crippen MR) is 144 cm³/mol. The van der Waals surface area contributed by atoms with Crippen molar-refractivity contribution in [3.8, 4) is 39.7 Å². The number of rotatable bonds is 5. The summed E-state index contributed by atoms with van der Waals surface area (Å²) < 4.78 is 19.7. The van der Waals surface area contributed by atoms with E-state index in [0.29, 0.717) is 0 Å². The third-order valence-corrected chi connectivity index (χ3v) is 6.97.